The number of likely N-dealkylation sites (tertiary alicyclic amines) is 1. The van der Waals surface area contributed by atoms with Crippen molar-refractivity contribution in [1.29, 1.82) is 0 Å². The quantitative estimate of drug-likeness (QED) is 0.421. The van der Waals surface area contributed by atoms with Gasteiger partial charge in [0.2, 0.25) is 0 Å². The Kier molecular flexibility index (Phi) is 0.707. The highest BCUT2D eigenvalue weighted by Gasteiger charge is 2.44. The lowest BCUT2D eigenvalue weighted by molar-refractivity contribution is 0.416. The van der Waals surface area contributed by atoms with Crippen LogP contribution >= 0.6 is 11.8 Å². The zero-order valence-electron chi connectivity index (χ0n) is 4.42. The first-order valence-electron chi connectivity index (χ1n) is 2.70. The molecule has 2 heterocycles. The minimum absolute atomic E-state index is 1.03. The Bertz CT molecular complexity index is 84.1. The third-order valence-electron chi connectivity index (χ3n) is 1.67. The van der Waals surface area contributed by atoms with Gasteiger partial charge in [-0.1, -0.05) is 0 Å². The van der Waals surface area contributed by atoms with E-state index < -0.39 is 0 Å². The van der Waals surface area contributed by atoms with Crippen LogP contribution in [0, 0.1) is 0 Å². The van der Waals surface area contributed by atoms with Gasteiger partial charge in [-0.05, 0) is 7.05 Å². The fourth-order valence-electron chi connectivity index (χ4n) is 1.19. The predicted molar refractivity (Wildman–Crippen MR) is 32.7 cm³/mol. The van der Waals surface area contributed by atoms with E-state index in [1.807, 2.05) is 0 Å². The van der Waals surface area contributed by atoms with Gasteiger partial charge < -0.3 is 4.90 Å². The maximum Gasteiger partial charge on any atom is 0.0309 e. The zero-order chi connectivity index (χ0) is 4.85. The molecule has 0 N–H and O–H groups in total. The summed E-state index contributed by atoms with van der Waals surface area (Å²) in [6, 6.07) is 0. The molecule has 0 amide bonds. The van der Waals surface area contributed by atoms with Crippen molar-refractivity contribution >= 4 is 11.8 Å². The van der Waals surface area contributed by atoms with Gasteiger partial charge in [0.15, 0.2) is 0 Å². The summed E-state index contributed by atoms with van der Waals surface area (Å²) in [4.78, 5) is 2.41. The average Bonchev–Trinajstić information content (AvgIpc) is 2.15. The lowest BCUT2D eigenvalue weighted by atomic mass is 10.4. The second-order valence-electron chi connectivity index (χ2n) is 2.43. The van der Waals surface area contributed by atoms with Gasteiger partial charge in [0.05, 0.1) is 0 Å². The van der Waals surface area contributed by atoms with Gasteiger partial charge in [-0.3, -0.25) is 0 Å². The first-order valence-corrected chi connectivity index (χ1v) is 3.64. The molecule has 0 spiro atoms. The van der Waals surface area contributed by atoms with E-state index in [1.54, 1.807) is 0 Å². The van der Waals surface area contributed by atoms with Crippen LogP contribution in [0.4, 0.5) is 0 Å². The molecule has 0 bridgehead atoms. The number of nitrogens with zero attached hydrogens (tertiary/aromatic N) is 1. The maximum absolute atomic E-state index is 2.41. The summed E-state index contributed by atoms with van der Waals surface area (Å²) >= 11 is 2.14. The largest absolute Gasteiger partial charge is 0.304 e. The number of thioether (sulfide) groups is 1. The molecule has 0 saturated carbocycles. The third-order valence-corrected chi connectivity index (χ3v) is 3.01. The number of hydrogen-bond acceptors (Lipinski definition) is 2. The Morgan fingerprint density at radius 1 is 1.43 bits per heavy atom. The molecule has 2 atom stereocenters. The molecule has 1 nitrogen and oxygen atoms in total. The molecule has 0 aromatic heterocycles. The highest BCUT2D eigenvalue weighted by Crippen LogP contribution is 2.45. The van der Waals surface area contributed by atoms with E-state index in [2.05, 4.69) is 23.7 Å². The molecule has 0 radical (unpaired) electrons. The van der Waals surface area contributed by atoms with E-state index in [0.717, 1.165) is 10.5 Å². The highest BCUT2D eigenvalue weighted by molar-refractivity contribution is 8.07. The van der Waals surface area contributed by atoms with Gasteiger partial charge in [-0.15, -0.1) is 0 Å². The Morgan fingerprint density at radius 2 is 2.00 bits per heavy atom. The summed E-state index contributed by atoms with van der Waals surface area (Å²) < 4.78 is 0. The van der Waals surface area contributed by atoms with Crippen molar-refractivity contribution in [3.8, 4) is 0 Å². The van der Waals surface area contributed by atoms with Crippen molar-refractivity contribution in [2.24, 2.45) is 0 Å². The van der Waals surface area contributed by atoms with E-state index in [4.69, 9.17) is 0 Å². The SMILES string of the molecule is CN1CC2SC2C1. The van der Waals surface area contributed by atoms with Gasteiger partial charge in [0, 0.05) is 23.6 Å². The molecule has 0 aliphatic carbocycles. The Balaban J connectivity index is 2.02. The summed E-state index contributed by atoms with van der Waals surface area (Å²) in [5.74, 6) is 0. The van der Waals surface area contributed by atoms with Crippen LogP contribution in [0.15, 0.2) is 0 Å². The number of rotatable bonds is 0. The lowest BCUT2D eigenvalue weighted by Crippen LogP contribution is -2.16. The molecule has 2 unspecified atom stereocenters. The van der Waals surface area contributed by atoms with E-state index in [1.165, 1.54) is 13.1 Å². The molecule has 0 aromatic carbocycles. The van der Waals surface area contributed by atoms with Crippen LogP contribution in [0.3, 0.4) is 0 Å². The summed E-state index contributed by atoms with van der Waals surface area (Å²) in [6.07, 6.45) is 0. The molecule has 7 heavy (non-hydrogen) atoms. The minimum atomic E-state index is 1.03. The fraction of sp³-hybridized carbons (Fsp3) is 1.00. The Morgan fingerprint density at radius 3 is 2.29 bits per heavy atom. The van der Waals surface area contributed by atoms with Crippen LogP contribution in [0.5, 0.6) is 0 Å². The number of fused-ring (bicyclic) bond motifs is 1. The fourth-order valence-corrected chi connectivity index (χ4v) is 2.40. The second kappa shape index (κ2) is 1.17. The normalized spacial score (nSPS) is 49.3. The summed E-state index contributed by atoms with van der Waals surface area (Å²) in [6.45, 7) is 2.69. The third kappa shape index (κ3) is 0.572. The van der Waals surface area contributed by atoms with Crippen LogP contribution in [0.1, 0.15) is 0 Å². The number of hydrogen-bond donors (Lipinski definition) is 0. The molecule has 2 saturated heterocycles. The van der Waals surface area contributed by atoms with Crippen LogP contribution in [0.2, 0.25) is 0 Å². The van der Waals surface area contributed by atoms with E-state index in [0.29, 0.717) is 0 Å². The Hall–Kier alpha value is 0.310. The van der Waals surface area contributed by atoms with E-state index >= 15 is 0 Å². The molecule has 2 aliphatic rings. The van der Waals surface area contributed by atoms with Crippen LogP contribution < -0.4 is 0 Å². The molecule has 0 aromatic rings. The summed E-state index contributed by atoms with van der Waals surface area (Å²) in [7, 11) is 2.20. The van der Waals surface area contributed by atoms with Crippen molar-refractivity contribution < 1.29 is 0 Å². The smallest absolute Gasteiger partial charge is 0.0309 e. The van der Waals surface area contributed by atoms with Crippen molar-refractivity contribution in [2.45, 2.75) is 10.5 Å². The summed E-state index contributed by atoms with van der Waals surface area (Å²) in [5, 5.41) is 2.06. The van der Waals surface area contributed by atoms with Gasteiger partial charge in [-0.2, -0.15) is 11.8 Å². The van der Waals surface area contributed by atoms with Crippen molar-refractivity contribution in [2.75, 3.05) is 20.1 Å². The van der Waals surface area contributed by atoms with Crippen LogP contribution in [0.25, 0.3) is 0 Å². The standard InChI is InChI=1S/C5H9NS/c1-6-2-4-5(3-6)7-4/h4-5H,2-3H2,1H3. The lowest BCUT2D eigenvalue weighted by Gasteiger charge is -2.06. The maximum atomic E-state index is 2.41. The van der Waals surface area contributed by atoms with E-state index in [-0.39, 0.29) is 0 Å². The minimum Gasteiger partial charge on any atom is -0.304 e. The molecular formula is C5H9NS. The molecular weight excluding hydrogens is 106 g/mol. The molecule has 2 fully saturated rings. The first-order chi connectivity index (χ1) is 3.36. The van der Waals surface area contributed by atoms with Gasteiger partial charge in [-0.25, -0.2) is 0 Å². The molecule has 40 valence electrons. The first kappa shape index (κ1) is 4.21. The van der Waals surface area contributed by atoms with Crippen LogP contribution in [-0.2, 0) is 0 Å². The molecule has 2 heteroatoms. The zero-order valence-corrected chi connectivity index (χ0v) is 5.24. The van der Waals surface area contributed by atoms with Gasteiger partial charge in [0.1, 0.15) is 0 Å². The van der Waals surface area contributed by atoms with Gasteiger partial charge >= 0.3 is 0 Å². The van der Waals surface area contributed by atoms with Crippen molar-refractivity contribution in [1.82, 2.24) is 4.90 Å². The van der Waals surface area contributed by atoms with Crippen molar-refractivity contribution in [3.63, 3.8) is 0 Å². The second-order valence-corrected chi connectivity index (χ2v) is 3.92. The van der Waals surface area contributed by atoms with Crippen LogP contribution in [-0.4, -0.2) is 35.5 Å². The average molecular weight is 115 g/mol. The molecule has 2 rings (SSSR count). The topological polar surface area (TPSA) is 3.24 Å². The van der Waals surface area contributed by atoms with Gasteiger partial charge in [0.25, 0.3) is 0 Å². The van der Waals surface area contributed by atoms with E-state index in [9.17, 15) is 0 Å². The molecule has 2 aliphatic heterocycles. The monoisotopic (exact) mass is 115 g/mol. The highest BCUT2D eigenvalue weighted by atomic mass is 32.2. The Labute approximate surface area is 48.1 Å². The summed E-state index contributed by atoms with van der Waals surface area (Å²) in [5.41, 5.74) is 0. The van der Waals surface area contributed by atoms with Crippen molar-refractivity contribution in [3.05, 3.63) is 0 Å². The predicted octanol–water partition coefficient (Wildman–Crippen LogP) is 0.416.